The summed E-state index contributed by atoms with van der Waals surface area (Å²) in [4.78, 5) is 22.9. The van der Waals surface area contributed by atoms with Crippen molar-refractivity contribution in [3.05, 3.63) is 59.5 Å². The van der Waals surface area contributed by atoms with Crippen molar-refractivity contribution in [1.29, 1.82) is 0 Å². The van der Waals surface area contributed by atoms with Crippen molar-refractivity contribution >= 4 is 28.3 Å². The van der Waals surface area contributed by atoms with E-state index in [1.165, 1.54) is 6.33 Å². The lowest BCUT2D eigenvalue weighted by Gasteiger charge is -2.26. The monoisotopic (exact) mass is 412 g/mol. The fraction of sp³-hybridized carbons (Fsp3) is 0.286. The highest BCUT2D eigenvalue weighted by molar-refractivity contribution is 6.29. The summed E-state index contributed by atoms with van der Waals surface area (Å²) in [5.74, 6) is 0.888. The summed E-state index contributed by atoms with van der Waals surface area (Å²) in [6.07, 6.45) is 1.35. The van der Waals surface area contributed by atoms with Crippen molar-refractivity contribution in [2.45, 2.75) is 0 Å². The lowest BCUT2D eigenvalue weighted by atomic mass is 10.0. The van der Waals surface area contributed by atoms with Gasteiger partial charge in [-0.1, -0.05) is 23.7 Å². The standard InChI is InChI=1S/C21H21ClN4O3/c22-19-13-20(25-14-24-19)29-16-4-5-17-15(12-16)2-1-3-18(17)21(27)23-6-7-26-8-10-28-11-9-26/h1-5,12-14H,6-11H2,(H,23,27). The van der Waals surface area contributed by atoms with E-state index in [9.17, 15) is 4.79 Å². The van der Waals surface area contributed by atoms with Crippen LogP contribution in [0.2, 0.25) is 5.15 Å². The second-order valence-corrected chi connectivity index (χ2v) is 7.07. The number of nitrogens with zero attached hydrogens (tertiary/aromatic N) is 3. The minimum atomic E-state index is -0.0832. The highest BCUT2D eigenvalue weighted by Gasteiger charge is 2.13. The van der Waals surface area contributed by atoms with Gasteiger partial charge in [-0.15, -0.1) is 0 Å². The Labute approximate surface area is 173 Å². The summed E-state index contributed by atoms with van der Waals surface area (Å²) in [6, 6.07) is 12.7. The molecule has 0 radical (unpaired) electrons. The first-order valence-electron chi connectivity index (χ1n) is 9.45. The van der Waals surface area contributed by atoms with Crippen molar-refractivity contribution in [2.75, 3.05) is 39.4 Å². The molecule has 2 aromatic carbocycles. The predicted molar refractivity (Wildman–Crippen MR) is 111 cm³/mol. The normalized spacial score (nSPS) is 14.7. The van der Waals surface area contributed by atoms with Gasteiger partial charge < -0.3 is 14.8 Å². The van der Waals surface area contributed by atoms with Gasteiger partial charge >= 0.3 is 0 Å². The zero-order valence-corrected chi connectivity index (χ0v) is 16.6. The molecule has 1 aliphatic rings. The van der Waals surface area contributed by atoms with E-state index >= 15 is 0 Å². The molecule has 4 rings (SSSR count). The minimum absolute atomic E-state index is 0.0832. The fourth-order valence-corrected chi connectivity index (χ4v) is 3.40. The van der Waals surface area contributed by atoms with Crippen LogP contribution in [0.5, 0.6) is 11.6 Å². The van der Waals surface area contributed by atoms with E-state index in [0.717, 1.165) is 43.6 Å². The van der Waals surface area contributed by atoms with Crippen molar-refractivity contribution < 1.29 is 14.3 Å². The van der Waals surface area contributed by atoms with Crippen LogP contribution in [0.3, 0.4) is 0 Å². The molecule has 2 heterocycles. The van der Waals surface area contributed by atoms with Crippen LogP contribution in [0, 0.1) is 0 Å². The molecule has 1 aliphatic heterocycles. The predicted octanol–water partition coefficient (Wildman–Crippen LogP) is 3.14. The first-order valence-corrected chi connectivity index (χ1v) is 9.83. The maximum absolute atomic E-state index is 12.7. The van der Waals surface area contributed by atoms with Crippen molar-refractivity contribution in [1.82, 2.24) is 20.2 Å². The summed E-state index contributed by atoms with van der Waals surface area (Å²) in [5.41, 5.74) is 0.640. The zero-order chi connectivity index (χ0) is 20.1. The molecule has 0 spiro atoms. The SMILES string of the molecule is O=C(NCCN1CCOCC1)c1cccc2cc(Oc3cc(Cl)ncn3)ccc12. The maximum atomic E-state index is 12.7. The maximum Gasteiger partial charge on any atom is 0.251 e. The van der Waals surface area contributed by atoms with Gasteiger partial charge in [0, 0.05) is 37.8 Å². The second kappa shape index (κ2) is 9.17. The van der Waals surface area contributed by atoms with Gasteiger partial charge in [0.25, 0.3) is 5.91 Å². The highest BCUT2D eigenvalue weighted by Crippen LogP contribution is 2.27. The molecule has 8 heteroatoms. The van der Waals surface area contributed by atoms with E-state index in [1.807, 2.05) is 36.4 Å². The number of nitrogens with one attached hydrogen (secondary N) is 1. The quantitative estimate of drug-likeness (QED) is 0.627. The van der Waals surface area contributed by atoms with Crippen molar-refractivity contribution in [3.8, 4) is 11.6 Å². The molecule has 3 aromatic rings. The van der Waals surface area contributed by atoms with Gasteiger partial charge in [-0.3, -0.25) is 9.69 Å². The number of carbonyl (C=O) groups excluding carboxylic acids is 1. The van der Waals surface area contributed by atoms with Crippen LogP contribution >= 0.6 is 11.6 Å². The highest BCUT2D eigenvalue weighted by atomic mass is 35.5. The Morgan fingerprint density at radius 2 is 2.03 bits per heavy atom. The van der Waals surface area contributed by atoms with E-state index in [1.54, 1.807) is 6.07 Å². The number of ether oxygens (including phenoxy) is 2. The molecule has 0 bridgehead atoms. The van der Waals surface area contributed by atoms with Gasteiger partial charge in [0.05, 0.1) is 13.2 Å². The molecular formula is C21H21ClN4O3. The molecule has 1 saturated heterocycles. The Morgan fingerprint density at radius 3 is 2.86 bits per heavy atom. The third-order valence-corrected chi connectivity index (χ3v) is 4.95. The van der Waals surface area contributed by atoms with E-state index in [4.69, 9.17) is 21.1 Å². The third kappa shape index (κ3) is 5.00. The lowest BCUT2D eigenvalue weighted by Crippen LogP contribution is -2.41. The lowest BCUT2D eigenvalue weighted by molar-refractivity contribution is 0.0383. The second-order valence-electron chi connectivity index (χ2n) is 6.68. The topological polar surface area (TPSA) is 76.6 Å². The minimum Gasteiger partial charge on any atom is -0.439 e. The molecule has 1 N–H and O–H groups in total. The Hall–Kier alpha value is -2.74. The van der Waals surface area contributed by atoms with Crippen molar-refractivity contribution in [3.63, 3.8) is 0 Å². The Kier molecular flexibility index (Phi) is 6.19. The number of carbonyl (C=O) groups is 1. The molecule has 1 fully saturated rings. The van der Waals surface area contributed by atoms with Crippen LogP contribution < -0.4 is 10.1 Å². The van der Waals surface area contributed by atoms with Crippen LogP contribution in [-0.4, -0.2) is 60.2 Å². The Bertz CT molecular complexity index is 1010. The number of rotatable bonds is 6. The van der Waals surface area contributed by atoms with Gasteiger partial charge in [-0.25, -0.2) is 9.97 Å². The molecule has 1 aromatic heterocycles. The molecule has 7 nitrogen and oxygen atoms in total. The number of morpholine rings is 1. The summed E-state index contributed by atoms with van der Waals surface area (Å²) in [6.45, 7) is 4.74. The summed E-state index contributed by atoms with van der Waals surface area (Å²) < 4.78 is 11.1. The summed E-state index contributed by atoms with van der Waals surface area (Å²) in [5, 5.41) is 5.10. The van der Waals surface area contributed by atoms with Gasteiger partial charge in [0.1, 0.15) is 17.2 Å². The van der Waals surface area contributed by atoms with Crippen LogP contribution in [0.25, 0.3) is 10.8 Å². The van der Waals surface area contributed by atoms with Gasteiger partial charge in [-0.05, 0) is 35.0 Å². The number of amides is 1. The van der Waals surface area contributed by atoms with Crippen LogP contribution in [0.1, 0.15) is 10.4 Å². The number of hydrogen-bond acceptors (Lipinski definition) is 6. The molecule has 0 unspecified atom stereocenters. The molecular weight excluding hydrogens is 392 g/mol. The van der Waals surface area contributed by atoms with E-state index in [-0.39, 0.29) is 5.91 Å². The first-order chi connectivity index (χ1) is 14.2. The zero-order valence-electron chi connectivity index (χ0n) is 15.8. The van der Waals surface area contributed by atoms with Crippen LogP contribution in [-0.2, 0) is 4.74 Å². The van der Waals surface area contributed by atoms with Gasteiger partial charge in [0.15, 0.2) is 0 Å². The number of fused-ring (bicyclic) bond motifs is 1. The number of benzene rings is 2. The Balaban J connectivity index is 1.44. The largest absolute Gasteiger partial charge is 0.439 e. The molecule has 150 valence electrons. The molecule has 1 amide bonds. The van der Waals surface area contributed by atoms with E-state index in [0.29, 0.717) is 28.9 Å². The third-order valence-electron chi connectivity index (χ3n) is 4.74. The molecule has 29 heavy (non-hydrogen) atoms. The summed E-state index contributed by atoms with van der Waals surface area (Å²) in [7, 11) is 0. The van der Waals surface area contributed by atoms with E-state index in [2.05, 4.69) is 20.2 Å². The van der Waals surface area contributed by atoms with Gasteiger partial charge in [-0.2, -0.15) is 0 Å². The van der Waals surface area contributed by atoms with Gasteiger partial charge in [0.2, 0.25) is 5.88 Å². The fourth-order valence-electron chi connectivity index (χ4n) is 3.26. The molecule has 0 aliphatic carbocycles. The van der Waals surface area contributed by atoms with Crippen LogP contribution in [0.15, 0.2) is 48.8 Å². The number of aromatic nitrogens is 2. The van der Waals surface area contributed by atoms with E-state index < -0.39 is 0 Å². The van der Waals surface area contributed by atoms with Crippen LogP contribution in [0.4, 0.5) is 0 Å². The molecule has 0 atom stereocenters. The smallest absolute Gasteiger partial charge is 0.251 e. The Morgan fingerprint density at radius 1 is 1.17 bits per heavy atom. The average molecular weight is 413 g/mol. The van der Waals surface area contributed by atoms with Crippen molar-refractivity contribution in [2.24, 2.45) is 0 Å². The number of hydrogen-bond donors (Lipinski definition) is 1. The molecule has 0 saturated carbocycles. The number of halogens is 1. The summed E-state index contributed by atoms with van der Waals surface area (Å²) >= 11 is 5.87. The average Bonchev–Trinajstić information content (AvgIpc) is 2.74. The first kappa shape index (κ1) is 19.6.